The van der Waals surface area contributed by atoms with Gasteiger partial charge in [-0.25, -0.2) is 0 Å². The summed E-state index contributed by atoms with van der Waals surface area (Å²) < 4.78 is 0. The number of hydrogen-bond acceptors (Lipinski definition) is 5. The van der Waals surface area contributed by atoms with Gasteiger partial charge in [0.15, 0.2) is 11.0 Å². The molecule has 7 heteroatoms. The van der Waals surface area contributed by atoms with Crippen LogP contribution in [0.2, 0.25) is 10.4 Å². The minimum absolute atomic E-state index is 0.120. The molecule has 2 unspecified atom stereocenters. The molecule has 1 heterocycles. The van der Waals surface area contributed by atoms with E-state index in [9.17, 15) is 0 Å². The molecule has 0 saturated heterocycles. The average Bonchev–Trinajstić information content (AvgIpc) is 2.72. The van der Waals surface area contributed by atoms with Gasteiger partial charge in [0, 0.05) is 11.3 Å². The standard InChI is InChI=1S/C10H14Cl2N4S/c1-2-17-7-4-3-6(5-7)13-9-8(11)15-16-10(12)14-9/h6-7H,2-5H2,1H3,(H,13,14,16). The fourth-order valence-electron chi connectivity index (χ4n) is 2.04. The summed E-state index contributed by atoms with van der Waals surface area (Å²) in [6.07, 6.45) is 3.51. The highest BCUT2D eigenvalue weighted by Gasteiger charge is 2.25. The van der Waals surface area contributed by atoms with Gasteiger partial charge in [-0.15, -0.1) is 10.2 Å². The van der Waals surface area contributed by atoms with Crippen LogP contribution < -0.4 is 5.32 Å². The lowest BCUT2D eigenvalue weighted by molar-refractivity contribution is 0.748. The Hall–Kier alpha value is -0.260. The number of aromatic nitrogens is 3. The normalized spacial score (nSPS) is 23.9. The first kappa shape index (κ1) is 13.2. The van der Waals surface area contributed by atoms with Gasteiger partial charge in [-0.2, -0.15) is 16.7 Å². The summed E-state index contributed by atoms with van der Waals surface area (Å²) in [5.74, 6) is 1.71. The monoisotopic (exact) mass is 292 g/mol. The van der Waals surface area contributed by atoms with Gasteiger partial charge in [-0.3, -0.25) is 0 Å². The summed E-state index contributed by atoms with van der Waals surface area (Å²) >= 11 is 13.6. The molecule has 17 heavy (non-hydrogen) atoms. The first-order chi connectivity index (χ1) is 8.19. The first-order valence-corrected chi connectivity index (χ1v) is 7.43. The molecular formula is C10H14Cl2N4S. The molecule has 94 valence electrons. The maximum atomic E-state index is 5.91. The Kier molecular flexibility index (Phi) is 4.70. The van der Waals surface area contributed by atoms with Crippen molar-refractivity contribution in [1.82, 2.24) is 15.2 Å². The fourth-order valence-corrected chi connectivity index (χ4v) is 3.44. The molecule has 0 spiro atoms. The molecule has 0 aromatic carbocycles. The number of halogens is 2. The van der Waals surface area contributed by atoms with E-state index in [1.54, 1.807) is 0 Å². The van der Waals surface area contributed by atoms with E-state index in [1.165, 1.54) is 12.2 Å². The molecule has 2 rings (SSSR count). The molecule has 1 saturated carbocycles. The van der Waals surface area contributed by atoms with Gasteiger partial charge >= 0.3 is 0 Å². The van der Waals surface area contributed by atoms with Crippen molar-refractivity contribution in [3.05, 3.63) is 10.4 Å². The molecule has 1 aliphatic carbocycles. The molecule has 0 amide bonds. The molecule has 0 radical (unpaired) electrons. The molecule has 2 atom stereocenters. The van der Waals surface area contributed by atoms with Crippen LogP contribution in [0.1, 0.15) is 26.2 Å². The summed E-state index contributed by atoms with van der Waals surface area (Å²) in [6.45, 7) is 2.19. The topological polar surface area (TPSA) is 50.7 Å². The average molecular weight is 293 g/mol. The van der Waals surface area contributed by atoms with Crippen molar-refractivity contribution in [3.8, 4) is 0 Å². The van der Waals surface area contributed by atoms with E-state index in [-0.39, 0.29) is 10.4 Å². The van der Waals surface area contributed by atoms with Crippen LogP contribution in [-0.4, -0.2) is 32.2 Å². The Balaban J connectivity index is 1.95. The zero-order chi connectivity index (χ0) is 12.3. The highest BCUT2D eigenvalue weighted by molar-refractivity contribution is 7.99. The Morgan fingerprint density at radius 3 is 2.94 bits per heavy atom. The van der Waals surface area contributed by atoms with Crippen molar-refractivity contribution >= 4 is 40.8 Å². The summed E-state index contributed by atoms with van der Waals surface area (Å²) in [5.41, 5.74) is 0. The summed E-state index contributed by atoms with van der Waals surface area (Å²) in [7, 11) is 0. The van der Waals surface area contributed by atoms with Crippen LogP contribution in [0.4, 0.5) is 5.82 Å². The molecule has 0 aliphatic heterocycles. The lowest BCUT2D eigenvalue weighted by Gasteiger charge is -2.13. The highest BCUT2D eigenvalue weighted by Crippen LogP contribution is 2.32. The predicted molar refractivity (Wildman–Crippen MR) is 73.0 cm³/mol. The van der Waals surface area contributed by atoms with Crippen molar-refractivity contribution in [3.63, 3.8) is 0 Å². The summed E-state index contributed by atoms with van der Waals surface area (Å²) in [4.78, 5) is 4.05. The van der Waals surface area contributed by atoms with E-state index >= 15 is 0 Å². The lowest BCUT2D eigenvalue weighted by Crippen LogP contribution is -2.17. The summed E-state index contributed by atoms with van der Waals surface area (Å²) in [5, 5.41) is 11.7. The van der Waals surface area contributed by atoms with Gasteiger partial charge < -0.3 is 5.32 Å². The first-order valence-electron chi connectivity index (χ1n) is 5.63. The minimum atomic E-state index is 0.120. The van der Waals surface area contributed by atoms with Crippen LogP contribution in [0.15, 0.2) is 0 Å². The van der Waals surface area contributed by atoms with E-state index < -0.39 is 0 Å². The zero-order valence-electron chi connectivity index (χ0n) is 9.49. The maximum Gasteiger partial charge on any atom is 0.245 e. The van der Waals surface area contributed by atoms with Crippen molar-refractivity contribution in [2.45, 2.75) is 37.5 Å². The number of anilines is 1. The predicted octanol–water partition coefficient (Wildman–Crippen LogP) is 3.26. The van der Waals surface area contributed by atoms with Gasteiger partial charge in [0.1, 0.15) is 0 Å². The Labute approximate surface area is 115 Å². The number of nitrogens with zero attached hydrogens (tertiary/aromatic N) is 3. The van der Waals surface area contributed by atoms with Crippen LogP contribution >= 0.6 is 35.0 Å². The second-order valence-corrected chi connectivity index (χ2v) is 6.23. The largest absolute Gasteiger partial charge is 0.365 e. The van der Waals surface area contributed by atoms with Crippen LogP contribution in [0, 0.1) is 0 Å². The van der Waals surface area contributed by atoms with Crippen LogP contribution in [0.25, 0.3) is 0 Å². The van der Waals surface area contributed by atoms with E-state index in [4.69, 9.17) is 23.2 Å². The maximum absolute atomic E-state index is 5.91. The minimum Gasteiger partial charge on any atom is -0.365 e. The van der Waals surface area contributed by atoms with Crippen molar-refractivity contribution in [1.29, 1.82) is 0 Å². The number of thioether (sulfide) groups is 1. The molecule has 1 N–H and O–H groups in total. The van der Waals surface area contributed by atoms with Gasteiger partial charge in [-0.1, -0.05) is 18.5 Å². The van der Waals surface area contributed by atoms with Crippen molar-refractivity contribution in [2.24, 2.45) is 0 Å². The van der Waals surface area contributed by atoms with Crippen molar-refractivity contribution < 1.29 is 0 Å². The number of hydrogen-bond donors (Lipinski definition) is 1. The Morgan fingerprint density at radius 1 is 1.35 bits per heavy atom. The van der Waals surface area contributed by atoms with E-state index in [0.29, 0.717) is 11.9 Å². The Morgan fingerprint density at radius 2 is 2.18 bits per heavy atom. The van der Waals surface area contributed by atoms with E-state index in [1.807, 2.05) is 11.8 Å². The number of nitrogens with one attached hydrogen (secondary N) is 1. The molecule has 1 aliphatic rings. The van der Waals surface area contributed by atoms with Crippen LogP contribution in [0.3, 0.4) is 0 Å². The highest BCUT2D eigenvalue weighted by atomic mass is 35.5. The van der Waals surface area contributed by atoms with Gasteiger partial charge in [-0.05, 0) is 36.6 Å². The van der Waals surface area contributed by atoms with Gasteiger partial charge in [0.05, 0.1) is 0 Å². The molecule has 1 aromatic heterocycles. The second kappa shape index (κ2) is 6.07. The Bertz CT molecular complexity index is 391. The molecule has 4 nitrogen and oxygen atoms in total. The third-order valence-corrected chi connectivity index (χ3v) is 4.40. The van der Waals surface area contributed by atoms with E-state index in [0.717, 1.165) is 18.1 Å². The number of rotatable bonds is 4. The van der Waals surface area contributed by atoms with E-state index in [2.05, 4.69) is 27.4 Å². The van der Waals surface area contributed by atoms with Gasteiger partial charge in [0.2, 0.25) is 5.28 Å². The third kappa shape index (κ3) is 3.60. The third-order valence-electron chi connectivity index (χ3n) is 2.75. The smallest absolute Gasteiger partial charge is 0.245 e. The molecule has 0 bridgehead atoms. The van der Waals surface area contributed by atoms with Crippen LogP contribution in [0.5, 0.6) is 0 Å². The fraction of sp³-hybridized carbons (Fsp3) is 0.700. The molecule has 1 aromatic rings. The SMILES string of the molecule is CCSC1CCC(Nc2nc(Cl)nnc2Cl)C1. The van der Waals surface area contributed by atoms with Crippen LogP contribution in [-0.2, 0) is 0 Å². The molecule has 1 fully saturated rings. The zero-order valence-corrected chi connectivity index (χ0v) is 11.8. The quantitative estimate of drug-likeness (QED) is 0.923. The molecular weight excluding hydrogens is 279 g/mol. The van der Waals surface area contributed by atoms with Gasteiger partial charge in [0.25, 0.3) is 0 Å². The second-order valence-electron chi connectivity index (χ2n) is 3.95. The lowest BCUT2D eigenvalue weighted by atomic mass is 10.2. The van der Waals surface area contributed by atoms with Crippen molar-refractivity contribution in [2.75, 3.05) is 11.1 Å². The summed E-state index contributed by atoms with van der Waals surface area (Å²) in [6, 6.07) is 0.407.